The second-order valence-corrected chi connectivity index (χ2v) is 5.32. The van der Waals surface area contributed by atoms with Crippen LogP contribution < -0.4 is 0 Å². The van der Waals surface area contributed by atoms with E-state index in [1.165, 1.54) is 0 Å². The molecule has 1 heterocycles. The molecule has 1 aromatic carbocycles. The van der Waals surface area contributed by atoms with E-state index in [4.69, 9.17) is 16.3 Å². The topological polar surface area (TPSA) is 27.1 Å². The maximum atomic E-state index is 13.2. The molecule has 0 saturated carbocycles. The van der Waals surface area contributed by atoms with Crippen LogP contribution in [0.4, 0.5) is 13.2 Å². The Balaban J connectivity index is 2.57. The number of hydrogen-bond donors (Lipinski definition) is 0. The molecule has 0 spiro atoms. The molecule has 0 fully saturated rings. The highest BCUT2D eigenvalue weighted by molar-refractivity contribution is 9.10. The monoisotopic (exact) mass is 382 g/mol. The Morgan fingerprint density at radius 1 is 1.29 bits per heavy atom. The average Bonchev–Trinajstić information content (AvgIpc) is 2.74. The Morgan fingerprint density at radius 3 is 2.43 bits per heavy atom. The molecular weight excluding hydrogens is 373 g/mol. The Bertz CT molecular complexity index is 626. The predicted molar refractivity (Wildman–Crippen MR) is 77.0 cm³/mol. The molecule has 2 rings (SSSR count). The van der Waals surface area contributed by atoms with Crippen LogP contribution in [0.15, 0.2) is 28.9 Å². The van der Waals surface area contributed by atoms with Crippen LogP contribution in [0.1, 0.15) is 12.6 Å². The zero-order valence-electron chi connectivity index (χ0n) is 10.9. The van der Waals surface area contributed by atoms with E-state index in [0.717, 1.165) is 4.57 Å². The molecule has 0 unspecified atom stereocenters. The highest BCUT2D eigenvalue weighted by atomic mass is 79.9. The van der Waals surface area contributed by atoms with Gasteiger partial charge in [-0.3, -0.25) is 4.57 Å². The molecule has 8 heteroatoms. The van der Waals surface area contributed by atoms with Gasteiger partial charge in [0.2, 0.25) is 0 Å². The first-order chi connectivity index (χ1) is 9.84. The fourth-order valence-electron chi connectivity index (χ4n) is 1.82. The van der Waals surface area contributed by atoms with Crippen LogP contribution in [-0.2, 0) is 17.6 Å². The highest BCUT2D eigenvalue weighted by Crippen LogP contribution is 2.38. The Kier molecular flexibility index (Phi) is 4.95. The number of benzene rings is 1. The number of halogens is 5. The minimum absolute atomic E-state index is 0.166. The largest absolute Gasteiger partial charge is 0.434 e. The molecule has 0 aliphatic rings. The van der Waals surface area contributed by atoms with E-state index < -0.39 is 11.9 Å². The normalized spacial score (nSPS) is 11.9. The third-order valence-electron chi connectivity index (χ3n) is 2.72. The number of hydrogen-bond acceptors (Lipinski definition) is 2. The predicted octanol–water partition coefficient (Wildman–Crippen LogP) is 4.98. The molecule has 0 aliphatic carbocycles. The van der Waals surface area contributed by atoms with Crippen molar-refractivity contribution >= 4 is 27.5 Å². The van der Waals surface area contributed by atoms with Gasteiger partial charge in [-0.2, -0.15) is 13.2 Å². The standard InChI is InChI=1S/C13H11BrClF3N2O/c1-2-21-7-20-10(13(16,17)18)11(14)19-12(20)8-3-5-9(15)6-4-8/h3-6H,2,7H2,1H3. The lowest BCUT2D eigenvalue weighted by atomic mass is 10.2. The fraction of sp³-hybridized carbons (Fsp3) is 0.308. The lowest BCUT2D eigenvalue weighted by molar-refractivity contribution is -0.146. The SMILES string of the molecule is CCOCn1c(-c2ccc(Cl)cc2)nc(Br)c1C(F)(F)F. The summed E-state index contributed by atoms with van der Waals surface area (Å²) in [6, 6.07) is 6.41. The second kappa shape index (κ2) is 6.37. The number of alkyl halides is 3. The number of aromatic nitrogens is 2. The van der Waals surface area contributed by atoms with Crippen LogP contribution in [0.5, 0.6) is 0 Å². The first kappa shape index (κ1) is 16.3. The molecule has 0 atom stereocenters. The summed E-state index contributed by atoms with van der Waals surface area (Å²) in [7, 11) is 0. The van der Waals surface area contributed by atoms with E-state index >= 15 is 0 Å². The Labute approximate surface area is 132 Å². The van der Waals surface area contributed by atoms with Crippen molar-refractivity contribution in [3.8, 4) is 11.4 Å². The fourth-order valence-corrected chi connectivity index (χ4v) is 2.55. The third kappa shape index (κ3) is 3.59. The smallest absolute Gasteiger partial charge is 0.361 e. The molecule has 3 nitrogen and oxygen atoms in total. The third-order valence-corrected chi connectivity index (χ3v) is 3.53. The highest BCUT2D eigenvalue weighted by Gasteiger charge is 2.39. The van der Waals surface area contributed by atoms with Crippen molar-refractivity contribution in [1.29, 1.82) is 0 Å². The van der Waals surface area contributed by atoms with Gasteiger partial charge in [0, 0.05) is 17.2 Å². The van der Waals surface area contributed by atoms with Gasteiger partial charge in [0.25, 0.3) is 0 Å². The zero-order valence-corrected chi connectivity index (χ0v) is 13.3. The van der Waals surface area contributed by atoms with E-state index in [0.29, 0.717) is 17.2 Å². The summed E-state index contributed by atoms with van der Waals surface area (Å²) in [5.41, 5.74) is -0.351. The van der Waals surface area contributed by atoms with Crippen molar-refractivity contribution in [2.45, 2.75) is 19.8 Å². The van der Waals surface area contributed by atoms with Gasteiger partial charge < -0.3 is 4.74 Å². The molecule has 0 N–H and O–H groups in total. The first-order valence-electron chi connectivity index (χ1n) is 6.01. The van der Waals surface area contributed by atoms with E-state index in [1.807, 2.05) is 0 Å². The summed E-state index contributed by atoms with van der Waals surface area (Å²) in [5, 5.41) is 0.497. The maximum absolute atomic E-state index is 13.2. The summed E-state index contributed by atoms with van der Waals surface area (Å²) < 4.78 is 45.3. The van der Waals surface area contributed by atoms with Gasteiger partial charge in [-0.1, -0.05) is 11.6 Å². The summed E-state index contributed by atoms with van der Waals surface area (Å²) in [6.07, 6.45) is -4.53. The van der Waals surface area contributed by atoms with Crippen molar-refractivity contribution in [1.82, 2.24) is 9.55 Å². The molecular formula is C13H11BrClF3N2O. The molecule has 0 aliphatic heterocycles. The van der Waals surface area contributed by atoms with Crippen LogP contribution in [0.3, 0.4) is 0 Å². The van der Waals surface area contributed by atoms with Gasteiger partial charge in [0.15, 0.2) is 5.69 Å². The Morgan fingerprint density at radius 2 is 1.90 bits per heavy atom. The molecule has 1 aromatic heterocycles. The molecule has 21 heavy (non-hydrogen) atoms. The van der Waals surface area contributed by atoms with Gasteiger partial charge in [0.05, 0.1) is 0 Å². The number of ether oxygens (including phenoxy) is 1. The minimum Gasteiger partial charge on any atom is -0.361 e. The first-order valence-corrected chi connectivity index (χ1v) is 7.18. The van der Waals surface area contributed by atoms with Crippen molar-refractivity contribution in [3.63, 3.8) is 0 Å². The number of rotatable bonds is 4. The van der Waals surface area contributed by atoms with Crippen LogP contribution in [0, 0.1) is 0 Å². The quantitative estimate of drug-likeness (QED) is 0.744. The van der Waals surface area contributed by atoms with E-state index in [2.05, 4.69) is 20.9 Å². The van der Waals surface area contributed by atoms with Gasteiger partial charge >= 0.3 is 6.18 Å². The molecule has 0 radical (unpaired) electrons. The van der Waals surface area contributed by atoms with Crippen LogP contribution in [0.2, 0.25) is 5.02 Å². The van der Waals surface area contributed by atoms with Gasteiger partial charge in [-0.25, -0.2) is 4.98 Å². The van der Waals surface area contributed by atoms with E-state index in [-0.39, 0.29) is 17.2 Å². The average molecular weight is 384 g/mol. The van der Waals surface area contributed by atoms with E-state index in [1.54, 1.807) is 31.2 Å². The van der Waals surface area contributed by atoms with Crippen molar-refractivity contribution < 1.29 is 17.9 Å². The summed E-state index contributed by atoms with van der Waals surface area (Å²) in [4.78, 5) is 3.97. The van der Waals surface area contributed by atoms with Gasteiger partial charge in [-0.15, -0.1) is 0 Å². The van der Waals surface area contributed by atoms with Crippen molar-refractivity contribution in [3.05, 3.63) is 39.6 Å². The molecule has 0 bridgehead atoms. The molecule has 114 valence electrons. The second-order valence-electron chi connectivity index (χ2n) is 4.13. The molecule has 0 amide bonds. The van der Waals surface area contributed by atoms with Crippen LogP contribution >= 0.6 is 27.5 Å². The lowest BCUT2D eigenvalue weighted by Gasteiger charge is -2.14. The summed E-state index contributed by atoms with van der Waals surface area (Å²) in [6.45, 7) is 1.77. The van der Waals surface area contributed by atoms with E-state index in [9.17, 15) is 13.2 Å². The van der Waals surface area contributed by atoms with Crippen LogP contribution in [-0.4, -0.2) is 16.2 Å². The lowest BCUT2D eigenvalue weighted by Crippen LogP contribution is -2.16. The molecule has 2 aromatic rings. The minimum atomic E-state index is -4.53. The maximum Gasteiger partial charge on any atom is 0.434 e. The summed E-state index contributed by atoms with van der Waals surface area (Å²) in [5.74, 6) is 0.166. The Hall–Kier alpha value is -1.05. The van der Waals surface area contributed by atoms with Gasteiger partial charge in [0.1, 0.15) is 17.2 Å². The van der Waals surface area contributed by atoms with Crippen molar-refractivity contribution in [2.75, 3.05) is 6.61 Å². The molecule has 0 saturated heterocycles. The van der Waals surface area contributed by atoms with Crippen LogP contribution in [0.25, 0.3) is 11.4 Å². The summed E-state index contributed by atoms with van der Waals surface area (Å²) >= 11 is 8.66. The zero-order chi connectivity index (χ0) is 15.6. The number of nitrogens with zero attached hydrogens (tertiary/aromatic N) is 2. The number of imidazole rings is 1. The van der Waals surface area contributed by atoms with Gasteiger partial charge in [-0.05, 0) is 47.1 Å². The van der Waals surface area contributed by atoms with Crippen molar-refractivity contribution in [2.24, 2.45) is 0 Å².